The van der Waals surface area contributed by atoms with Crippen molar-refractivity contribution < 1.29 is 4.74 Å². The van der Waals surface area contributed by atoms with Gasteiger partial charge in [0.2, 0.25) is 0 Å². The monoisotopic (exact) mass is 259 g/mol. The van der Waals surface area contributed by atoms with E-state index in [1.54, 1.807) is 7.11 Å². The predicted octanol–water partition coefficient (Wildman–Crippen LogP) is 2.10. The van der Waals surface area contributed by atoms with E-state index in [1.807, 2.05) is 36.1 Å². The van der Waals surface area contributed by atoms with Crippen LogP contribution in [-0.4, -0.2) is 23.2 Å². The van der Waals surface area contributed by atoms with Gasteiger partial charge in [0.15, 0.2) is 0 Å². The molecule has 102 valence electrons. The van der Waals surface area contributed by atoms with E-state index in [0.717, 1.165) is 24.4 Å². The van der Waals surface area contributed by atoms with Crippen molar-refractivity contribution in [3.63, 3.8) is 0 Å². The van der Waals surface area contributed by atoms with Gasteiger partial charge in [0.25, 0.3) is 0 Å². The van der Waals surface area contributed by atoms with Gasteiger partial charge in [0.05, 0.1) is 7.11 Å². The first kappa shape index (κ1) is 13.6. The Balaban J connectivity index is 2.02. The van der Waals surface area contributed by atoms with Crippen LogP contribution in [-0.2, 0) is 13.5 Å². The maximum atomic E-state index is 5.88. The summed E-state index contributed by atoms with van der Waals surface area (Å²) in [6, 6.07) is 8.18. The second-order valence-corrected chi connectivity index (χ2v) is 4.72. The van der Waals surface area contributed by atoms with Crippen LogP contribution in [0.3, 0.4) is 0 Å². The number of imidazole rings is 1. The summed E-state index contributed by atoms with van der Waals surface area (Å²) in [6.07, 6.45) is 5.76. The van der Waals surface area contributed by atoms with Gasteiger partial charge in [-0.25, -0.2) is 4.98 Å². The van der Waals surface area contributed by atoms with Crippen LogP contribution in [0.4, 0.5) is 0 Å². The fourth-order valence-electron chi connectivity index (χ4n) is 2.29. The second-order valence-electron chi connectivity index (χ2n) is 4.72. The van der Waals surface area contributed by atoms with Gasteiger partial charge in [-0.15, -0.1) is 0 Å². The Morgan fingerprint density at radius 1 is 1.42 bits per heavy atom. The summed E-state index contributed by atoms with van der Waals surface area (Å²) >= 11 is 0. The molecule has 1 aromatic heterocycles. The molecule has 0 aliphatic heterocycles. The first-order chi connectivity index (χ1) is 9.24. The molecule has 2 aromatic rings. The Bertz CT molecular complexity index is 522. The number of ether oxygens (including phenoxy) is 1. The van der Waals surface area contributed by atoms with Crippen molar-refractivity contribution in [3.8, 4) is 5.75 Å². The lowest BCUT2D eigenvalue weighted by Crippen LogP contribution is -2.17. The lowest BCUT2D eigenvalue weighted by molar-refractivity contribution is 0.414. The minimum absolute atomic E-state index is 0.297. The highest BCUT2D eigenvalue weighted by atomic mass is 16.5. The first-order valence-corrected chi connectivity index (χ1v) is 6.54. The van der Waals surface area contributed by atoms with Crippen LogP contribution in [0, 0.1) is 0 Å². The van der Waals surface area contributed by atoms with E-state index in [4.69, 9.17) is 10.5 Å². The fraction of sp³-hybridized carbons (Fsp3) is 0.400. The normalized spacial score (nSPS) is 12.4. The molecule has 0 spiro atoms. The number of methoxy groups -OCH3 is 1. The van der Waals surface area contributed by atoms with Crippen molar-refractivity contribution in [3.05, 3.63) is 48.0 Å². The van der Waals surface area contributed by atoms with Crippen molar-refractivity contribution in [2.45, 2.75) is 18.8 Å². The average Bonchev–Trinajstić information content (AvgIpc) is 2.86. The van der Waals surface area contributed by atoms with E-state index in [1.165, 1.54) is 5.56 Å². The molecular weight excluding hydrogens is 238 g/mol. The Morgan fingerprint density at radius 2 is 2.26 bits per heavy atom. The molecule has 1 heterocycles. The Labute approximate surface area is 114 Å². The number of hydrogen-bond acceptors (Lipinski definition) is 3. The maximum absolute atomic E-state index is 5.88. The minimum Gasteiger partial charge on any atom is -0.497 e. The Kier molecular flexibility index (Phi) is 4.58. The standard InChI is InChI=1S/C15H21N3O/c1-18-9-8-17-15(18)13(11-16)7-6-12-4-3-5-14(10-12)19-2/h3-5,8-10,13H,6-7,11,16H2,1-2H3. The molecule has 0 fully saturated rings. The van der Waals surface area contributed by atoms with E-state index in [-0.39, 0.29) is 0 Å². The molecule has 4 heteroatoms. The van der Waals surface area contributed by atoms with E-state index in [2.05, 4.69) is 17.1 Å². The van der Waals surface area contributed by atoms with E-state index in [9.17, 15) is 0 Å². The Hall–Kier alpha value is -1.81. The molecule has 19 heavy (non-hydrogen) atoms. The summed E-state index contributed by atoms with van der Waals surface area (Å²) in [7, 11) is 3.70. The van der Waals surface area contributed by atoms with Gasteiger partial charge in [-0.2, -0.15) is 0 Å². The van der Waals surface area contributed by atoms with Gasteiger partial charge in [-0.05, 0) is 30.5 Å². The van der Waals surface area contributed by atoms with Crippen LogP contribution in [0.25, 0.3) is 0 Å². The SMILES string of the molecule is COc1cccc(CCC(CN)c2nccn2C)c1. The van der Waals surface area contributed by atoms with Crippen molar-refractivity contribution in [2.24, 2.45) is 12.8 Å². The molecule has 0 saturated carbocycles. The van der Waals surface area contributed by atoms with Gasteiger partial charge in [-0.1, -0.05) is 12.1 Å². The van der Waals surface area contributed by atoms with Gasteiger partial charge >= 0.3 is 0 Å². The number of nitrogens with two attached hydrogens (primary N) is 1. The topological polar surface area (TPSA) is 53.1 Å². The molecular formula is C15H21N3O. The van der Waals surface area contributed by atoms with E-state index in [0.29, 0.717) is 12.5 Å². The number of rotatable bonds is 6. The molecule has 0 bridgehead atoms. The summed E-state index contributed by atoms with van der Waals surface area (Å²) in [6.45, 7) is 0.620. The van der Waals surface area contributed by atoms with Crippen LogP contribution in [0.15, 0.2) is 36.7 Å². The summed E-state index contributed by atoms with van der Waals surface area (Å²) in [4.78, 5) is 4.39. The molecule has 1 atom stereocenters. The van der Waals surface area contributed by atoms with E-state index >= 15 is 0 Å². The number of hydrogen-bond donors (Lipinski definition) is 1. The molecule has 1 unspecified atom stereocenters. The van der Waals surface area contributed by atoms with E-state index < -0.39 is 0 Å². The molecule has 2 N–H and O–H groups in total. The third-order valence-corrected chi connectivity index (χ3v) is 3.42. The molecule has 0 aliphatic rings. The lowest BCUT2D eigenvalue weighted by Gasteiger charge is -2.14. The zero-order valence-electron chi connectivity index (χ0n) is 11.5. The van der Waals surface area contributed by atoms with Crippen LogP contribution in [0.2, 0.25) is 0 Å². The zero-order chi connectivity index (χ0) is 13.7. The summed E-state index contributed by atoms with van der Waals surface area (Å²) in [5, 5.41) is 0. The van der Waals surface area contributed by atoms with Gasteiger partial charge in [-0.3, -0.25) is 0 Å². The predicted molar refractivity (Wildman–Crippen MR) is 76.3 cm³/mol. The van der Waals surface area contributed by atoms with Gasteiger partial charge in [0.1, 0.15) is 11.6 Å². The number of benzene rings is 1. The zero-order valence-corrected chi connectivity index (χ0v) is 11.5. The highest BCUT2D eigenvalue weighted by molar-refractivity contribution is 5.28. The maximum Gasteiger partial charge on any atom is 0.119 e. The van der Waals surface area contributed by atoms with Crippen LogP contribution >= 0.6 is 0 Å². The van der Waals surface area contributed by atoms with Crippen LogP contribution < -0.4 is 10.5 Å². The lowest BCUT2D eigenvalue weighted by atomic mass is 9.98. The van der Waals surface area contributed by atoms with Gasteiger partial charge in [0, 0.05) is 31.9 Å². The number of nitrogens with zero attached hydrogens (tertiary/aromatic N) is 2. The molecule has 4 nitrogen and oxygen atoms in total. The van der Waals surface area contributed by atoms with Crippen molar-refractivity contribution in [2.75, 3.05) is 13.7 Å². The molecule has 0 saturated heterocycles. The third-order valence-electron chi connectivity index (χ3n) is 3.42. The molecule has 1 aromatic carbocycles. The molecule has 0 aliphatic carbocycles. The highest BCUT2D eigenvalue weighted by Crippen LogP contribution is 2.20. The molecule has 0 amide bonds. The van der Waals surface area contributed by atoms with Gasteiger partial charge < -0.3 is 15.0 Å². The van der Waals surface area contributed by atoms with Crippen LogP contribution in [0.5, 0.6) is 5.75 Å². The highest BCUT2D eigenvalue weighted by Gasteiger charge is 2.14. The quantitative estimate of drug-likeness (QED) is 0.864. The first-order valence-electron chi connectivity index (χ1n) is 6.54. The summed E-state index contributed by atoms with van der Waals surface area (Å²) in [5.41, 5.74) is 7.15. The summed E-state index contributed by atoms with van der Waals surface area (Å²) < 4.78 is 7.28. The number of aryl methyl sites for hydroxylation is 2. The fourth-order valence-corrected chi connectivity index (χ4v) is 2.29. The minimum atomic E-state index is 0.297. The summed E-state index contributed by atoms with van der Waals surface area (Å²) in [5.74, 6) is 2.26. The van der Waals surface area contributed by atoms with Crippen molar-refractivity contribution in [1.82, 2.24) is 9.55 Å². The second kappa shape index (κ2) is 6.38. The van der Waals surface area contributed by atoms with Crippen molar-refractivity contribution in [1.29, 1.82) is 0 Å². The smallest absolute Gasteiger partial charge is 0.119 e. The number of aromatic nitrogens is 2. The Morgan fingerprint density at radius 3 is 2.89 bits per heavy atom. The largest absolute Gasteiger partial charge is 0.497 e. The third kappa shape index (κ3) is 3.35. The molecule has 2 rings (SSSR count). The molecule has 0 radical (unpaired) electrons. The average molecular weight is 259 g/mol. The van der Waals surface area contributed by atoms with Crippen molar-refractivity contribution >= 4 is 0 Å². The van der Waals surface area contributed by atoms with Crippen LogP contribution in [0.1, 0.15) is 23.7 Å².